The van der Waals surface area contributed by atoms with Gasteiger partial charge in [-0.2, -0.15) is 11.8 Å². The summed E-state index contributed by atoms with van der Waals surface area (Å²) < 4.78 is 0.313. The van der Waals surface area contributed by atoms with Gasteiger partial charge in [-0.3, -0.25) is 4.79 Å². The van der Waals surface area contributed by atoms with E-state index < -0.39 is 0 Å². The summed E-state index contributed by atoms with van der Waals surface area (Å²) in [5, 5.41) is 3.39. The zero-order valence-corrected chi connectivity index (χ0v) is 13.6. The Labute approximate surface area is 121 Å². The zero-order valence-electron chi connectivity index (χ0n) is 12.8. The van der Waals surface area contributed by atoms with E-state index in [1.54, 1.807) is 0 Å². The molecule has 2 rings (SSSR count). The fraction of sp³-hybridized carbons (Fsp3) is 0.933. The lowest BCUT2D eigenvalue weighted by molar-refractivity contribution is -0.143. The van der Waals surface area contributed by atoms with E-state index in [1.165, 1.54) is 0 Å². The quantitative estimate of drug-likeness (QED) is 0.845. The number of hydrogen-bond acceptors (Lipinski definition) is 3. The number of nitrogens with zero attached hydrogens (tertiary/aromatic N) is 1. The highest BCUT2D eigenvalue weighted by molar-refractivity contribution is 8.00. The van der Waals surface area contributed by atoms with Crippen LogP contribution in [0, 0.1) is 11.3 Å². The van der Waals surface area contributed by atoms with Crippen molar-refractivity contribution in [2.75, 3.05) is 31.9 Å². The van der Waals surface area contributed by atoms with E-state index in [1.807, 2.05) is 11.8 Å². The molecular formula is C15H28N2OS. The Bertz CT molecular complexity index is 335. The molecule has 1 amide bonds. The first-order valence-corrected chi connectivity index (χ1v) is 8.50. The molecule has 2 aliphatic rings. The van der Waals surface area contributed by atoms with Crippen molar-refractivity contribution in [1.82, 2.24) is 10.2 Å². The van der Waals surface area contributed by atoms with Gasteiger partial charge in [0, 0.05) is 30.1 Å². The van der Waals surface area contributed by atoms with Crippen LogP contribution in [0.3, 0.4) is 0 Å². The number of carbonyl (C=O) groups excluding carboxylic acids is 1. The Kier molecular flexibility index (Phi) is 4.51. The highest BCUT2D eigenvalue weighted by atomic mass is 32.2. The lowest BCUT2D eigenvalue weighted by atomic mass is 9.75. The molecule has 0 saturated carbocycles. The van der Waals surface area contributed by atoms with Gasteiger partial charge in [0.25, 0.3) is 0 Å². The zero-order chi connectivity index (χ0) is 14.1. The van der Waals surface area contributed by atoms with Gasteiger partial charge < -0.3 is 10.2 Å². The minimum absolute atomic E-state index is 0.154. The second-order valence-corrected chi connectivity index (χ2v) is 8.69. The molecule has 0 aliphatic carbocycles. The summed E-state index contributed by atoms with van der Waals surface area (Å²) >= 11 is 2.00. The van der Waals surface area contributed by atoms with Gasteiger partial charge in [0.15, 0.2) is 0 Å². The van der Waals surface area contributed by atoms with Crippen LogP contribution in [0.5, 0.6) is 0 Å². The van der Waals surface area contributed by atoms with E-state index in [0.717, 1.165) is 44.8 Å². The molecule has 19 heavy (non-hydrogen) atoms. The Morgan fingerprint density at radius 3 is 2.58 bits per heavy atom. The summed E-state index contributed by atoms with van der Waals surface area (Å²) in [5.41, 5.74) is -0.154. The van der Waals surface area contributed by atoms with Crippen LogP contribution in [-0.2, 0) is 4.79 Å². The van der Waals surface area contributed by atoms with Gasteiger partial charge in [0.2, 0.25) is 5.91 Å². The minimum atomic E-state index is -0.154. The monoisotopic (exact) mass is 284 g/mol. The minimum Gasteiger partial charge on any atom is -0.341 e. The maximum absolute atomic E-state index is 13.0. The van der Waals surface area contributed by atoms with Crippen molar-refractivity contribution in [3.8, 4) is 0 Å². The summed E-state index contributed by atoms with van der Waals surface area (Å²) in [6.45, 7) is 12.7. The summed E-state index contributed by atoms with van der Waals surface area (Å²) in [7, 11) is 0. The van der Waals surface area contributed by atoms with Crippen LogP contribution in [0.15, 0.2) is 0 Å². The number of rotatable bonds is 2. The Balaban J connectivity index is 2.10. The molecule has 0 aromatic carbocycles. The summed E-state index contributed by atoms with van der Waals surface area (Å²) in [6.07, 6.45) is 2.10. The lowest BCUT2D eigenvalue weighted by Crippen LogP contribution is -2.49. The molecule has 0 aromatic rings. The summed E-state index contributed by atoms with van der Waals surface area (Å²) in [4.78, 5) is 15.1. The fourth-order valence-electron chi connectivity index (χ4n) is 3.17. The van der Waals surface area contributed by atoms with Crippen LogP contribution in [0.1, 0.15) is 40.5 Å². The summed E-state index contributed by atoms with van der Waals surface area (Å²) in [5.74, 6) is 1.88. The number of thioether (sulfide) groups is 1. The fourth-order valence-corrected chi connectivity index (χ4v) is 4.27. The van der Waals surface area contributed by atoms with Crippen molar-refractivity contribution in [2.45, 2.75) is 45.3 Å². The van der Waals surface area contributed by atoms with Crippen molar-refractivity contribution in [1.29, 1.82) is 0 Å². The first-order chi connectivity index (χ1) is 8.87. The molecule has 0 aromatic heterocycles. The van der Waals surface area contributed by atoms with Gasteiger partial charge in [-0.15, -0.1) is 0 Å². The molecule has 1 unspecified atom stereocenters. The van der Waals surface area contributed by atoms with Crippen LogP contribution in [0.4, 0.5) is 0 Å². The van der Waals surface area contributed by atoms with Crippen molar-refractivity contribution >= 4 is 17.7 Å². The molecule has 2 aliphatic heterocycles. The van der Waals surface area contributed by atoms with Crippen molar-refractivity contribution in [3.63, 3.8) is 0 Å². The van der Waals surface area contributed by atoms with Crippen LogP contribution in [0.25, 0.3) is 0 Å². The molecule has 110 valence electrons. The second kappa shape index (κ2) is 5.65. The van der Waals surface area contributed by atoms with Gasteiger partial charge in [0.1, 0.15) is 0 Å². The van der Waals surface area contributed by atoms with Crippen LogP contribution in [0.2, 0.25) is 0 Å². The third-order valence-electron chi connectivity index (χ3n) is 4.84. The van der Waals surface area contributed by atoms with E-state index in [-0.39, 0.29) is 5.41 Å². The van der Waals surface area contributed by atoms with Crippen molar-refractivity contribution in [3.05, 3.63) is 0 Å². The van der Waals surface area contributed by atoms with E-state index in [4.69, 9.17) is 0 Å². The highest BCUT2D eigenvalue weighted by Crippen LogP contribution is 2.38. The van der Waals surface area contributed by atoms with Crippen molar-refractivity contribution < 1.29 is 4.79 Å². The molecule has 3 nitrogen and oxygen atoms in total. The molecule has 0 radical (unpaired) electrons. The number of carbonyl (C=O) groups is 1. The van der Waals surface area contributed by atoms with Crippen LogP contribution < -0.4 is 5.32 Å². The first-order valence-electron chi connectivity index (χ1n) is 7.51. The number of nitrogens with one attached hydrogen (secondary N) is 1. The number of hydrogen-bond donors (Lipinski definition) is 1. The molecule has 0 spiro atoms. The van der Waals surface area contributed by atoms with Crippen LogP contribution >= 0.6 is 11.8 Å². The molecule has 2 saturated heterocycles. The SMILES string of the molecule is CC(C)C1(C(=O)N2CCSC(C)(C)CC2)CCNC1. The number of amides is 1. The third-order valence-corrected chi connectivity index (χ3v) is 6.22. The predicted molar refractivity (Wildman–Crippen MR) is 82.5 cm³/mol. The van der Waals surface area contributed by atoms with Gasteiger partial charge >= 0.3 is 0 Å². The van der Waals surface area contributed by atoms with E-state index >= 15 is 0 Å². The van der Waals surface area contributed by atoms with Gasteiger partial charge in [0.05, 0.1) is 5.41 Å². The van der Waals surface area contributed by atoms with Gasteiger partial charge in [-0.05, 0) is 25.3 Å². The molecule has 0 bridgehead atoms. The maximum atomic E-state index is 13.0. The topological polar surface area (TPSA) is 32.3 Å². The Morgan fingerprint density at radius 2 is 2.00 bits per heavy atom. The van der Waals surface area contributed by atoms with E-state index in [9.17, 15) is 4.79 Å². The summed E-state index contributed by atoms with van der Waals surface area (Å²) in [6, 6.07) is 0. The third kappa shape index (κ3) is 3.10. The molecule has 2 fully saturated rings. The molecule has 1 N–H and O–H groups in total. The van der Waals surface area contributed by atoms with Gasteiger partial charge in [-0.1, -0.05) is 27.7 Å². The molecular weight excluding hydrogens is 256 g/mol. The maximum Gasteiger partial charge on any atom is 0.230 e. The standard InChI is InChI=1S/C15H28N2OS/c1-12(2)15(5-7-16-11-15)13(18)17-8-6-14(3,4)19-10-9-17/h12,16H,5-11H2,1-4H3. The first kappa shape index (κ1) is 15.2. The second-order valence-electron chi connectivity index (χ2n) is 6.89. The molecule has 2 heterocycles. The average molecular weight is 284 g/mol. The van der Waals surface area contributed by atoms with Gasteiger partial charge in [-0.25, -0.2) is 0 Å². The molecule has 1 atom stereocenters. The van der Waals surface area contributed by atoms with Crippen molar-refractivity contribution in [2.24, 2.45) is 11.3 Å². The van der Waals surface area contributed by atoms with E-state index in [0.29, 0.717) is 16.6 Å². The van der Waals surface area contributed by atoms with Crippen LogP contribution in [-0.4, -0.2) is 47.5 Å². The predicted octanol–water partition coefficient (Wildman–Crippen LogP) is 2.37. The smallest absolute Gasteiger partial charge is 0.230 e. The lowest BCUT2D eigenvalue weighted by Gasteiger charge is -2.36. The average Bonchev–Trinajstić information content (AvgIpc) is 2.76. The largest absolute Gasteiger partial charge is 0.341 e. The normalized spacial score (nSPS) is 31.5. The molecule has 4 heteroatoms. The Morgan fingerprint density at radius 1 is 1.26 bits per heavy atom. The Hall–Kier alpha value is -0.220. The van der Waals surface area contributed by atoms with E-state index in [2.05, 4.69) is 37.9 Å². The highest BCUT2D eigenvalue weighted by Gasteiger charge is 2.46.